The molecule has 2 saturated heterocycles. The molecule has 2 aliphatic heterocycles. The summed E-state index contributed by atoms with van der Waals surface area (Å²) in [6, 6.07) is 5.58. The first-order valence-electron chi connectivity index (χ1n) is 11.0. The molecule has 1 amide bonds. The maximum absolute atomic E-state index is 12.8. The third kappa shape index (κ3) is 5.44. The van der Waals surface area contributed by atoms with E-state index in [-0.39, 0.29) is 29.2 Å². The summed E-state index contributed by atoms with van der Waals surface area (Å²) in [7, 11) is -1.03. The highest BCUT2D eigenvalue weighted by atomic mass is 32.2. The Balaban J connectivity index is 1.38. The molecule has 32 heavy (non-hydrogen) atoms. The molecular formula is C21H30N6O3S2. The minimum absolute atomic E-state index is 0.0134. The van der Waals surface area contributed by atoms with Crippen molar-refractivity contribution in [3.63, 3.8) is 0 Å². The zero-order valence-corrected chi connectivity index (χ0v) is 20.2. The molecule has 0 saturated carbocycles. The largest absolute Gasteiger partial charge is 0.310 e. The summed E-state index contributed by atoms with van der Waals surface area (Å²) in [4.78, 5) is 19.3. The van der Waals surface area contributed by atoms with Crippen LogP contribution in [0.3, 0.4) is 0 Å². The van der Waals surface area contributed by atoms with Gasteiger partial charge in [-0.2, -0.15) is 5.10 Å². The molecule has 4 rings (SSSR count). The van der Waals surface area contributed by atoms with E-state index in [1.165, 1.54) is 0 Å². The predicted molar refractivity (Wildman–Crippen MR) is 124 cm³/mol. The zero-order valence-electron chi connectivity index (χ0n) is 18.5. The summed E-state index contributed by atoms with van der Waals surface area (Å²) in [6.07, 6.45) is 3.05. The highest BCUT2D eigenvalue weighted by Gasteiger charge is 2.30. The standard InChI is InChI=1S/C21H30N6O3S2/c1-15-5-3-7-18(22-15)23-20(28)17-6-4-9-26(12-17)14-27-21(31)25(2)19(24-27)11-16-8-10-32(29,30)13-16/h3,5,7,16-17H,4,6,8-14H2,1-2H3,(H,22,23,28). The number of nitrogens with zero attached hydrogens (tertiary/aromatic N) is 5. The molecule has 0 bridgehead atoms. The quantitative estimate of drug-likeness (QED) is 0.633. The van der Waals surface area contributed by atoms with Crippen molar-refractivity contribution >= 4 is 33.8 Å². The highest BCUT2D eigenvalue weighted by Crippen LogP contribution is 2.23. The van der Waals surface area contributed by atoms with Gasteiger partial charge in [0.2, 0.25) is 5.91 Å². The van der Waals surface area contributed by atoms with Gasteiger partial charge in [-0.05, 0) is 63.0 Å². The van der Waals surface area contributed by atoms with E-state index in [1.54, 1.807) is 10.7 Å². The second-order valence-corrected chi connectivity index (χ2v) is 11.5. The average Bonchev–Trinajstić information content (AvgIpc) is 3.21. The smallest absolute Gasteiger partial charge is 0.229 e. The van der Waals surface area contributed by atoms with E-state index < -0.39 is 9.84 Å². The monoisotopic (exact) mass is 478 g/mol. The van der Waals surface area contributed by atoms with Gasteiger partial charge in [-0.15, -0.1) is 0 Å². The number of carbonyl (C=O) groups is 1. The maximum Gasteiger partial charge on any atom is 0.229 e. The van der Waals surface area contributed by atoms with E-state index >= 15 is 0 Å². The Hall–Kier alpha value is -2.11. The van der Waals surface area contributed by atoms with Crippen molar-refractivity contribution in [2.24, 2.45) is 18.9 Å². The molecule has 2 atom stereocenters. The third-order valence-electron chi connectivity index (χ3n) is 6.28. The molecule has 2 aromatic heterocycles. The molecule has 2 aliphatic rings. The molecule has 11 heteroatoms. The molecular weight excluding hydrogens is 448 g/mol. The number of hydrogen-bond acceptors (Lipinski definition) is 7. The van der Waals surface area contributed by atoms with E-state index in [4.69, 9.17) is 17.3 Å². The summed E-state index contributed by atoms with van der Waals surface area (Å²) in [5, 5.41) is 7.63. The number of hydrogen-bond donors (Lipinski definition) is 1. The molecule has 4 heterocycles. The third-order valence-corrected chi connectivity index (χ3v) is 8.60. The fourth-order valence-corrected chi connectivity index (χ4v) is 6.59. The summed E-state index contributed by atoms with van der Waals surface area (Å²) < 4.78 is 27.8. The number of piperidine rings is 1. The number of nitrogens with one attached hydrogen (secondary N) is 1. The van der Waals surface area contributed by atoms with Gasteiger partial charge in [0.15, 0.2) is 14.6 Å². The van der Waals surface area contributed by atoms with Crippen LogP contribution in [0.2, 0.25) is 0 Å². The van der Waals surface area contributed by atoms with Crippen molar-refractivity contribution in [1.82, 2.24) is 24.2 Å². The first kappa shape index (κ1) is 23.1. The number of rotatable bonds is 6. The molecule has 0 spiro atoms. The molecule has 2 fully saturated rings. The van der Waals surface area contributed by atoms with Crippen molar-refractivity contribution in [2.75, 3.05) is 29.9 Å². The van der Waals surface area contributed by atoms with Crippen LogP contribution >= 0.6 is 12.2 Å². The highest BCUT2D eigenvalue weighted by molar-refractivity contribution is 7.91. The van der Waals surface area contributed by atoms with Gasteiger partial charge in [-0.1, -0.05) is 6.07 Å². The maximum atomic E-state index is 12.8. The number of sulfone groups is 1. The Kier molecular flexibility index (Phi) is 6.78. The Morgan fingerprint density at radius 2 is 2.12 bits per heavy atom. The van der Waals surface area contributed by atoms with E-state index in [9.17, 15) is 13.2 Å². The van der Waals surface area contributed by atoms with Gasteiger partial charge in [0.1, 0.15) is 11.6 Å². The van der Waals surface area contributed by atoms with Crippen LogP contribution in [0, 0.1) is 23.5 Å². The van der Waals surface area contributed by atoms with Crippen molar-refractivity contribution < 1.29 is 13.2 Å². The van der Waals surface area contributed by atoms with Gasteiger partial charge in [0, 0.05) is 25.7 Å². The van der Waals surface area contributed by atoms with E-state index in [0.29, 0.717) is 36.6 Å². The minimum Gasteiger partial charge on any atom is -0.310 e. The fraction of sp³-hybridized carbons (Fsp3) is 0.619. The van der Waals surface area contributed by atoms with Crippen LogP contribution in [-0.2, 0) is 34.8 Å². The lowest BCUT2D eigenvalue weighted by atomic mass is 9.97. The van der Waals surface area contributed by atoms with Crippen LogP contribution in [0.15, 0.2) is 18.2 Å². The summed E-state index contributed by atoms with van der Waals surface area (Å²) in [5.41, 5.74) is 0.864. The molecule has 0 radical (unpaired) electrons. The van der Waals surface area contributed by atoms with E-state index in [0.717, 1.165) is 30.9 Å². The Bertz CT molecular complexity index is 1160. The Morgan fingerprint density at radius 3 is 2.84 bits per heavy atom. The number of aryl methyl sites for hydroxylation is 1. The molecule has 1 N–H and O–H groups in total. The average molecular weight is 479 g/mol. The van der Waals surface area contributed by atoms with E-state index in [1.807, 2.05) is 30.7 Å². The van der Waals surface area contributed by atoms with Crippen LogP contribution < -0.4 is 5.32 Å². The predicted octanol–water partition coefficient (Wildman–Crippen LogP) is 1.94. The van der Waals surface area contributed by atoms with E-state index in [2.05, 4.69) is 15.2 Å². The molecule has 0 aliphatic carbocycles. The molecule has 9 nitrogen and oxygen atoms in total. The number of aromatic nitrogens is 4. The molecule has 2 aromatic rings. The topological polar surface area (TPSA) is 102 Å². The molecule has 2 unspecified atom stereocenters. The number of pyridine rings is 1. The van der Waals surface area contributed by atoms with Crippen LogP contribution in [0.5, 0.6) is 0 Å². The lowest BCUT2D eigenvalue weighted by Crippen LogP contribution is -2.41. The molecule has 174 valence electrons. The summed E-state index contributed by atoms with van der Waals surface area (Å²) >= 11 is 5.58. The Labute approximate surface area is 193 Å². The SMILES string of the molecule is Cc1cccc(NC(=O)C2CCCN(Cn3nc(CC4CCS(=O)(=O)C4)n(C)c3=S)C2)n1. The second kappa shape index (κ2) is 9.40. The first-order valence-corrected chi connectivity index (χ1v) is 13.2. The van der Waals surface area contributed by atoms with Crippen molar-refractivity contribution in [3.05, 3.63) is 34.5 Å². The second-order valence-electron chi connectivity index (χ2n) is 8.94. The Morgan fingerprint density at radius 1 is 1.31 bits per heavy atom. The van der Waals surface area contributed by atoms with Crippen molar-refractivity contribution in [3.8, 4) is 0 Å². The first-order chi connectivity index (χ1) is 15.2. The lowest BCUT2D eigenvalue weighted by Gasteiger charge is -2.31. The number of carbonyl (C=O) groups excluding carboxylic acids is 1. The van der Waals surface area contributed by atoms with Gasteiger partial charge in [-0.25, -0.2) is 18.1 Å². The number of anilines is 1. The van der Waals surface area contributed by atoms with Gasteiger partial charge >= 0.3 is 0 Å². The van der Waals surface area contributed by atoms with Crippen LogP contribution in [-0.4, -0.2) is 63.2 Å². The number of amides is 1. The summed E-state index contributed by atoms with van der Waals surface area (Å²) in [5.74, 6) is 1.85. The zero-order chi connectivity index (χ0) is 22.9. The summed E-state index contributed by atoms with van der Waals surface area (Å²) in [6.45, 7) is 3.92. The van der Waals surface area contributed by atoms with Gasteiger partial charge in [0.05, 0.1) is 24.1 Å². The van der Waals surface area contributed by atoms with Crippen LogP contribution in [0.25, 0.3) is 0 Å². The normalized spacial score (nSPS) is 23.3. The lowest BCUT2D eigenvalue weighted by molar-refractivity contribution is -0.121. The van der Waals surface area contributed by atoms with Crippen molar-refractivity contribution in [2.45, 2.75) is 39.3 Å². The van der Waals surface area contributed by atoms with Crippen LogP contribution in [0.4, 0.5) is 5.82 Å². The fourth-order valence-electron chi connectivity index (χ4n) is 4.52. The van der Waals surface area contributed by atoms with Crippen LogP contribution in [0.1, 0.15) is 30.8 Å². The number of likely N-dealkylation sites (tertiary alicyclic amines) is 1. The van der Waals surface area contributed by atoms with Crippen molar-refractivity contribution in [1.29, 1.82) is 0 Å². The molecule has 0 aromatic carbocycles. The van der Waals surface area contributed by atoms with Gasteiger partial charge < -0.3 is 9.88 Å². The van der Waals surface area contributed by atoms with Gasteiger partial charge in [-0.3, -0.25) is 9.69 Å². The van der Waals surface area contributed by atoms with Gasteiger partial charge in [0.25, 0.3) is 0 Å². The minimum atomic E-state index is -2.91.